The van der Waals surface area contributed by atoms with Crippen LogP contribution < -0.4 is 8.92 Å². The number of phenols is 2. The van der Waals surface area contributed by atoms with Crippen LogP contribution in [0.15, 0.2) is 66.7 Å². The second-order valence-electron chi connectivity index (χ2n) is 7.15. The van der Waals surface area contributed by atoms with Crippen LogP contribution in [0.4, 0.5) is 13.2 Å². The molecule has 34 heavy (non-hydrogen) atoms. The molecule has 3 aromatic rings. The van der Waals surface area contributed by atoms with Gasteiger partial charge in [0.15, 0.2) is 11.5 Å². The summed E-state index contributed by atoms with van der Waals surface area (Å²) in [5.41, 5.74) is -2.08. The first-order valence-corrected chi connectivity index (χ1v) is 11.4. The number of phenolic OH excluding ortho intramolecular Hbond substituents is 2. The lowest BCUT2D eigenvalue weighted by Gasteiger charge is -2.18. The van der Waals surface area contributed by atoms with Crippen molar-refractivity contribution in [3.63, 3.8) is 0 Å². The third-order valence-electron chi connectivity index (χ3n) is 4.96. The molecule has 0 aliphatic heterocycles. The lowest BCUT2D eigenvalue weighted by atomic mass is 9.88. The summed E-state index contributed by atoms with van der Waals surface area (Å²) in [5, 5.41) is 19.4. The van der Waals surface area contributed by atoms with Gasteiger partial charge in [-0.3, -0.25) is 0 Å². The lowest BCUT2D eigenvalue weighted by Crippen LogP contribution is -2.28. The van der Waals surface area contributed by atoms with Crippen molar-refractivity contribution in [2.45, 2.75) is 18.9 Å². The number of hydrogen-bond acceptors (Lipinski definition) is 6. The molecule has 3 aromatic carbocycles. The van der Waals surface area contributed by atoms with Gasteiger partial charge < -0.3 is 19.1 Å². The third kappa shape index (κ3) is 5.28. The highest BCUT2D eigenvalue weighted by Gasteiger charge is 2.49. The number of rotatable bonds is 7. The van der Waals surface area contributed by atoms with Crippen LogP contribution in [0, 0.1) is 0 Å². The van der Waals surface area contributed by atoms with E-state index in [1.54, 1.807) is 24.3 Å². The highest BCUT2D eigenvalue weighted by atomic mass is 32.2. The molecule has 0 radical (unpaired) electrons. The Morgan fingerprint density at radius 3 is 1.71 bits per heavy atom. The normalized spacial score (nSPS) is 11.7. The summed E-state index contributed by atoms with van der Waals surface area (Å²) < 4.78 is 70.5. The van der Waals surface area contributed by atoms with E-state index in [0.29, 0.717) is 12.0 Å². The van der Waals surface area contributed by atoms with Crippen molar-refractivity contribution < 1.29 is 40.7 Å². The largest absolute Gasteiger partial charge is 0.534 e. The monoisotopic (exact) mass is 494 g/mol. The second kappa shape index (κ2) is 9.68. The standard InChI is InChI=1S/C24H21F3O6S/c1-3-20(17-8-13-21(22(14-17)32-2)33-34(30,31)24(25,26)27)23(15-4-9-18(28)10-5-15)16-6-11-19(29)12-7-16/h4-14,28-29H,3H2,1-2H3. The zero-order valence-corrected chi connectivity index (χ0v) is 18.9. The van der Waals surface area contributed by atoms with Crippen molar-refractivity contribution in [2.24, 2.45) is 0 Å². The Morgan fingerprint density at radius 1 is 0.824 bits per heavy atom. The molecule has 0 saturated carbocycles. The van der Waals surface area contributed by atoms with Gasteiger partial charge in [0, 0.05) is 0 Å². The maximum absolute atomic E-state index is 12.8. The van der Waals surface area contributed by atoms with Gasteiger partial charge in [0.2, 0.25) is 0 Å². The summed E-state index contributed by atoms with van der Waals surface area (Å²) >= 11 is 0. The zero-order chi connectivity index (χ0) is 25.1. The first-order valence-electron chi connectivity index (χ1n) is 9.98. The van der Waals surface area contributed by atoms with E-state index in [9.17, 15) is 31.8 Å². The smallest absolute Gasteiger partial charge is 0.508 e. The predicted molar refractivity (Wildman–Crippen MR) is 121 cm³/mol. The summed E-state index contributed by atoms with van der Waals surface area (Å²) in [6, 6.07) is 16.8. The first-order chi connectivity index (χ1) is 16.0. The molecule has 0 fully saturated rings. The van der Waals surface area contributed by atoms with Gasteiger partial charge in [0.1, 0.15) is 11.5 Å². The topological polar surface area (TPSA) is 93.1 Å². The fourth-order valence-electron chi connectivity index (χ4n) is 3.39. The molecule has 3 rings (SSSR count). The Labute approximate surface area is 194 Å². The Balaban J connectivity index is 2.20. The first kappa shape index (κ1) is 25.0. The fourth-order valence-corrected chi connectivity index (χ4v) is 3.85. The van der Waals surface area contributed by atoms with Gasteiger partial charge in [-0.2, -0.15) is 21.6 Å². The number of ether oxygens (including phenoxy) is 1. The maximum atomic E-state index is 12.8. The van der Waals surface area contributed by atoms with Crippen LogP contribution in [0.1, 0.15) is 30.0 Å². The Hall–Kier alpha value is -3.66. The van der Waals surface area contributed by atoms with Crippen LogP contribution in [0.5, 0.6) is 23.0 Å². The Morgan fingerprint density at radius 2 is 1.29 bits per heavy atom. The zero-order valence-electron chi connectivity index (χ0n) is 18.1. The summed E-state index contributed by atoms with van der Waals surface area (Å²) in [7, 11) is -4.69. The number of halogens is 3. The number of alkyl halides is 3. The van der Waals surface area contributed by atoms with E-state index in [0.717, 1.165) is 28.3 Å². The molecule has 2 N–H and O–H groups in total. The van der Waals surface area contributed by atoms with Gasteiger partial charge >= 0.3 is 15.6 Å². The molecule has 0 amide bonds. The number of allylic oxidation sites excluding steroid dienone is 1. The molecule has 10 heteroatoms. The summed E-state index contributed by atoms with van der Waals surface area (Å²) in [6.45, 7) is 1.88. The highest BCUT2D eigenvalue weighted by Crippen LogP contribution is 2.39. The molecule has 0 saturated heterocycles. The van der Waals surface area contributed by atoms with Crippen molar-refractivity contribution >= 4 is 21.3 Å². The van der Waals surface area contributed by atoms with Crippen LogP contribution in [-0.4, -0.2) is 31.2 Å². The van der Waals surface area contributed by atoms with E-state index < -0.39 is 21.4 Å². The van der Waals surface area contributed by atoms with Crippen molar-refractivity contribution in [3.05, 3.63) is 83.4 Å². The molecule has 0 aliphatic rings. The molecule has 6 nitrogen and oxygen atoms in total. The average Bonchev–Trinajstić information content (AvgIpc) is 2.78. The average molecular weight is 494 g/mol. The summed E-state index contributed by atoms with van der Waals surface area (Å²) in [6.07, 6.45) is 0.474. The Bertz CT molecular complexity index is 1250. The lowest BCUT2D eigenvalue weighted by molar-refractivity contribution is -0.0500. The molecule has 180 valence electrons. The molecule has 0 bridgehead atoms. The van der Waals surface area contributed by atoms with Crippen molar-refractivity contribution in [3.8, 4) is 23.0 Å². The van der Waals surface area contributed by atoms with E-state index in [4.69, 9.17) is 4.74 Å². The van der Waals surface area contributed by atoms with Crippen molar-refractivity contribution in [1.82, 2.24) is 0 Å². The minimum absolute atomic E-state index is 0.0703. The molecule has 0 heterocycles. The summed E-state index contributed by atoms with van der Waals surface area (Å²) in [4.78, 5) is 0. The van der Waals surface area contributed by atoms with Crippen molar-refractivity contribution in [1.29, 1.82) is 0 Å². The maximum Gasteiger partial charge on any atom is 0.534 e. The van der Waals surface area contributed by atoms with Gasteiger partial charge in [0.25, 0.3) is 0 Å². The van der Waals surface area contributed by atoms with Crippen LogP contribution in [0.3, 0.4) is 0 Å². The minimum Gasteiger partial charge on any atom is -0.508 e. The molecular formula is C24H21F3O6S. The van der Waals surface area contributed by atoms with Crippen molar-refractivity contribution in [2.75, 3.05) is 7.11 Å². The second-order valence-corrected chi connectivity index (χ2v) is 8.69. The third-order valence-corrected chi connectivity index (χ3v) is 5.93. The molecule has 0 aromatic heterocycles. The SMILES string of the molecule is CCC(=C(c1ccc(O)cc1)c1ccc(O)cc1)c1ccc(OS(=O)(=O)C(F)(F)F)c(OC)c1. The number of methoxy groups -OCH3 is 1. The highest BCUT2D eigenvalue weighted by molar-refractivity contribution is 7.88. The van der Waals surface area contributed by atoms with Crippen LogP contribution in [0.2, 0.25) is 0 Å². The van der Waals surface area contributed by atoms with E-state index in [1.807, 2.05) is 6.92 Å². The molecular weight excluding hydrogens is 473 g/mol. The molecule has 0 atom stereocenters. The van der Waals surface area contributed by atoms with Gasteiger partial charge in [0.05, 0.1) is 7.11 Å². The number of benzene rings is 3. The minimum atomic E-state index is -5.87. The van der Waals surface area contributed by atoms with Crippen LogP contribution >= 0.6 is 0 Å². The van der Waals surface area contributed by atoms with E-state index >= 15 is 0 Å². The van der Waals surface area contributed by atoms with E-state index in [2.05, 4.69) is 4.18 Å². The number of hydrogen-bond donors (Lipinski definition) is 2. The molecule has 0 unspecified atom stereocenters. The summed E-state index contributed by atoms with van der Waals surface area (Å²) in [5.74, 6) is -0.663. The van der Waals surface area contributed by atoms with Gasteiger partial charge in [-0.05, 0) is 70.7 Å². The van der Waals surface area contributed by atoms with Gasteiger partial charge in [-0.25, -0.2) is 0 Å². The van der Waals surface area contributed by atoms with E-state index in [-0.39, 0.29) is 17.2 Å². The van der Waals surface area contributed by atoms with Gasteiger partial charge in [-0.15, -0.1) is 0 Å². The molecule has 0 aliphatic carbocycles. The molecule has 0 spiro atoms. The van der Waals surface area contributed by atoms with Crippen LogP contribution in [-0.2, 0) is 10.1 Å². The van der Waals surface area contributed by atoms with E-state index in [1.165, 1.54) is 43.5 Å². The fraction of sp³-hybridized carbons (Fsp3) is 0.167. The van der Waals surface area contributed by atoms with Gasteiger partial charge in [-0.1, -0.05) is 37.3 Å². The Kier molecular flexibility index (Phi) is 7.11. The quantitative estimate of drug-likeness (QED) is 0.249. The van der Waals surface area contributed by atoms with Crippen LogP contribution in [0.25, 0.3) is 11.1 Å². The predicted octanol–water partition coefficient (Wildman–Crippen LogP) is 5.70. The number of aromatic hydroxyl groups is 2.